The highest BCUT2D eigenvalue weighted by Crippen LogP contribution is 2.22. The summed E-state index contributed by atoms with van der Waals surface area (Å²) in [7, 11) is 1.58. The van der Waals surface area contributed by atoms with Crippen LogP contribution in [-0.4, -0.2) is 12.1 Å². The third-order valence-electron chi connectivity index (χ3n) is 2.10. The second-order valence-corrected chi connectivity index (χ2v) is 3.19. The monoisotopic (exact) mass is 200 g/mol. The lowest BCUT2D eigenvalue weighted by Gasteiger charge is -2.05. The number of aromatic nitrogens is 1. The Labute approximate surface area is 88.5 Å². The maximum Gasteiger partial charge on any atom is 0.215 e. The molecule has 0 bridgehead atoms. The van der Waals surface area contributed by atoms with Gasteiger partial charge in [0.25, 0.3) is 0 Å². The molecular weight excluding hydrogens is 188 g/mol. The summed E-state index contributed by atoms with van der Waals surface area (Å²) in [5.74, 6) is 0.536. The van der Waals surface area contributed by atoms with E-state index in [4.69, 9.17) is 10.5 Å². The van der Waals surface area contributed by atoms with E-state index in [0.717, 1.165) is 11.3 Å². The predicted molar refractivity (Wildman–Crippen MR) is 60.6 cm³/mol. The summed E-state index contributed by atoms with van der Waals surface area (Å²) in [5, 5.41) is 0. The van der Waals surface area contributed by atoms with Gasteiger partial charge >= 0.3 is 0 Å². The highest BCUT2D eigenvalue weighted by Gasteiger charge is 2.02. The minimum absolute atomic E-state index is 0.536. The first-order valence-electron chi connectivity index (χ1n) is 4.66. The van der Waals surface area contributed by atoms with Crippen LogP contribution in [-0.2, 0) is 0 Å². The molecule has 76 valence electrons. The van der Waals surface area contributed by atoms with E-state index in [1.165, 1.54) is 0 Å². The molecule has 0 amide bonds. The van der Waals surface area contributed by atoms with E-state index < -0.39 is 0 Å². The number of ether oxygens (including phenoxy) is 1. The minimum atomic E-state index is 0.536. The first-order chi connectivity index (χ1) is 7.29. The normalized spacial score (nSPS) is 9.93. The van der Waals surface area contributed by atoms with Crippen molar-refractivity contribution in [2.45, 2.75) is 0 Å². The Morgan fingerprint density at radius 1 is 1.13 bits per heavy atom. The maximum absolute atomic E-state index is 5.75. The molecule has 1 aromatic heterocycles. The average Bonchev–Trinajstić information content (AvgIpc) is 2.29. The molecule has 0 aliphatic heterocycles. The van der Waals surface area contributed by atoms with Crippen molar-refractivity contribution in [1.29, 1.82) is 0 Å². The van der Waals surface area contributed by atoms with Crippen molar-refractivity contribution in [3.05, 3.63) is 42.5 Å². The van der Waals surface area contributed by atoms with Gasteiger partial charge in [-0.1, -0.05) is 30.3 Å². The maximum atomic E-state index is 5.75. The molecule has 0 unspecified atom stereocenters. The number of pyridine rings is 1. The molecule has 1 aromatic carbocycles. The molecule has 0 saturated carbocycles. The van der Waals surface area contributed by atoms with E-state index in [2.05, 4.69) is 4.98 Å². The highest BCUT2D eigenvalue weighted by molar-refractivity contribution is 5.64. The summed E-state index contributed by atoms with van der Waals surface area (Å²) < 4.78 is 5.07. The number of nitrogens with two attached hydrogens (primary N) is 1. The summed E-state index contributed by atoms with van der Waals surface area (Å²) in [6.07, 6.45) is 0. The number of benzene rings is 1. The number of rotatable bonds is 2. The van der Waals surface area contributed by atoms with Crippen molar-refractivity contribution in [3.8, 4) is 17.1 Å². The first-order valence-corrected chi connectivity index (χ1v) is 4.66. The number of nitrogen functional groups attached to an aromatic ring is 1. The van der Waals surface area contributed by atoms with Gasteiger partial charge in [-0.25, -0.2) is 4.98 Å². The second-order valence-electron chi connectivity index (χ2n) is 3.19. The van der Waals surface area contributed by atoms with Gasteiger partial charge in [-0.3, -0.25) is 0 Å². The first kappa shape index (κ1) is 9.52. The third-order valence-corrected chi connectivity index (χ3v) is 2.10. The van der Waals surface area contributed by atoms with E-state index in [-0.39, 0.29) is 0 Å². The third kappa shape index (κ3) is 2.07. The van der Waals surface area contributed by atoms with Crippen LogP contribution >= 0.6 is 0 Å². The van der Waals surface area contributed by atoms with Gasteiger partial charge in [0, 0.05) is 17.3 Å². The van der Waals surface area contributed by atoms with Gasteiger partial charge in [0.05, 0.1) is 12.8 Å². The van der Waals surface area contributed by atoms with Crippen LogP contribution in [0.15, 0.2) is 42.5 Å². The lowest BCUT2D eigenvalue weighted by Crippen LogP contribution is -1.93. The van der Waals surface area contributed by atoms with E-state index >= 15 is 0 Å². The summed E-state index contributed by atoms with van der Waals surface area (Å²) in [4.78, 5) is 4.32. The van der Waals surface area contributed by atoms with Gasteiger partial charge in [-0.15, -0.1) is 0 Å². The Morgan fingerprint density at radius 2 is 1.87 bits per heavy atom. The summed E-state index contributed by atoms with van der Waals surface area (Å²) in [5.41, 5.74) is 8.26. The molecule has 1 heterocycles. The van der Waals surface area contributed by atoms with E-state index in [1.54, 1.807) is 13.2 Å². The molecule has 0 spiro atoms. The van der Waals surface area contributed by atoms with Crippen molar-refractivity contribution in [2.24, 2.45) is 0 Å². The van der Waals surface area contributed by atoms with Crippen LogP contribution in [0.5, 0.6) is 5.88 Å². The molecule has 2 rings (SSSR count). The highest BCUT2D eigenvalue weighted by atomic mass is 16.5. The Balaban J connectivity index is 2.49. The van der Waals surface area contributed by atoms with E-state index in [9.17, 15) is 0 Å². The molecular formula is C12H12N2O. The quantitative estimate of drug-likeness (QED) is 0.809. The molecule has 2 N–H and O–H groups in total. The topological polar surface area (TPSA) is 48.1 Å². The lowest BCUT2D eigenvalue weighted by atomic mass is 10.1. The fraction of sp³-hybridized carbons (Fsp3) is 0.0833. The van der Waals surface area contributed by atoms with Gasteiger partial charge in [0.15, 0.2) is 0 Å². The van der Waals surface area contributed by atoms with Crippen LogP contribution in [0.1, 0.15) is 0 Å². The smallest absolute Gasteiger partial charge is 0.215 e. The molecule has 0 saturated heterocycles. The Kier molecular flexibility index (Phi) is 2.54. The molecule has 3 nitrogen and oxygen atoms in total. The Hall–Kier alpha value is -2.03. The fourth-order valence-electron chi connectivity index (χ4n) is 1.39. The molecule has 0 aliphatic rings. The summed E-state index contributed by atoms with van der Waals surface area (Å²) in [6, 6.07) is 13.4. The van der Waals surface area contributed by atoms with Crippen molar-refractivity contribution in [2.75, 3.05) is 12.8 Å². The standard InChI is InChI=1S/C12H12N2O/c1-15-12-8-10(13)7-11(14-12)9-5-3-2-4-6-9/h2-8H,1H3,(H2,13,14). The van der Waals surface area contributed by atoms with E-state index in [0.29, 0.717) is 11.6 Å². The zero-order valence-corrected chi connectivity index (χ0v) is 8.47. The zero-order valence-electron chi connectivity index (χ0n) is 8.47. The summed E-state index contributed by atoms with van der Waals surface area (Å²) >= 11 is 0. The lowest BCUT2D eigenvalue weighted by molar-refractivity contribution is 0.399. The Morgan fingerprint density at radius 3 is 2.53 bits per heavy atom. The van der Waals surface area contributed by atoms with Crippen LogP contribution in [0.2, 0.25) is 0 Å². The number of methoxy groups -OCH3 is 1. The van der Waals surface area contributed by atoms with Crippen LogP contribution in [0.25, 0.3) is 11.3 Å². The van der Waals surface area contributed by atoms with Crippen LogP contribution in [0.4, 0.5) is 5.69 Å². The van der Waals surface area contributed by atoms with Gasteiger partial charge in [0.1, 0.15) is 0 Å². The minimum Gasteiger partial charge on any atom is -0.481 e. The van der Waals surface area contributed by atoms with Gasteiger partial charge in [-0.05, 0) is 6.07 Å². The predicted octanol–water partition coefficient (Wildman–Crippen LogP) is 2.34. The zero-order chi connectivity index (χ0) is 10.7. The molecule has 0 radical (unpaired) electrons. The average molecular weight is 200 g/mol. The molecule has 3 heteroatoms. The van der Waals surface area contributed by atoms with Crippen LogP contribution in [0.3, 0.4) is 0 Å². The molecule has 0 aliphatic carbocycles. The number of hydrogen-bond donors (Lipinski definition) is 1. The van der Waals surface area contributed by atoms with Gasteiger partial charge in [0.2, 0.25) is 5.88 Å². The molecule has 2 aromatic rings. The largest absolute Gasteiger partial charge is 0.481 e. The molecule has 15 heavy (non-hydrogen) atoms. The van der Waals surface area contributed by atoms with Gasteiger partial charge < -0.3 is 10.5 Å². The second kappa shape index (κ2) is 4.00. The Bertz CT molecular complexity index is 454. The van der Waals surface area contributed by atoms with Gasteiger partial charge in [-0.2, -0.15) is 0 Å². The molecule has 0 fully saturated rings. The van der Waals surface area contributed by atoms with Crippen molar-refractivity contribution >= 4 is 5.69 Å². The molecule has 0 atom stereocenters. The number of hydrogen-bond acceptors (Lipinski definition) is 3. The van der Waals surface area contributed by atoms with Crippen molar-refractivity contribution < 1.29 is 4.74 Å². The SMILES string of the molecule is COc1cc(N)cc(-c2ccccc2)n1. The van der Waals surface area contributed by atoms with E-state index in [1.807, 2.05) is 36.4 Å². The van der Waals surface area contributed by atoms with Crippen molar-refractivity contribution in [1.82, 2.24) is 4.98 Å². The van der Waals surface area contributed by atoms with Crippen LogP contribution < -0.4 is 10.5 Å². The summed E-state index contributed by atoms with van der Waals surface area (Å²) in [6.45, 7) is 0. The van der Waals surface area contributed by atoms with Crippen molar-refractivity contribution in [3.63, 3.8) is 0 Å². The van der Waals surface area contributed by atoms with Crippen LogP contribution in [0, 0.1) is 0 Å². The number of nitrogens with zero attached hydrogens (tertiary/aromatic N) is 1. The fourth-order valence-corrected chi connectivity index (χ4v) is 1.39. The number of anilines is 1.